The fourth-order valence-corrected chi connectivity index (χ4v) is 2.67. The molecule has 164 valence electrons. The van der Waals surface area contributed by atoms with Gasteiger partial charge in [-0.3, -0.25) is 9.78 Å². The van der Waals surface area contributed by atoms with Crippen molar-refractivity contribution in [3.63, 3.8) is 0 Å². The first kappa shape index (κ1) is 22.4. The Hall–Kier alpha value is -3.28. The van der Waals surface area contributed by atoms with Crippen molar-refractivity contribution < 1.29 is 35.8 Å². The van der Waals surface area contributed by atoms with E-state index < -0.39 is 51.5 Å². The lowest BCUT2D eigenvalue weighted by molar-refractivity contribution is -0.142. The third-order valence-electron chi connectivity index (χ3n) is 3.82. The number of hydrogen-bond acceptors (Lipinski definition) is 5. The molecular formula is C18H10ClF6N3O3. The van der Waals surface area contributed by atoms with Crippen LogP contribution < -0.4 is 15.0 Å². The highest BCUT2D eigenvalue weighted by molar-refractivity contribution is 6.31. The minimum atomic E-state index is -5.17. The summed E-state index contributed by atoms with van der Waals surface area (Å²) in [5.41, 5.74) is -4.62. The molecule has 0 saturated carbocycles. The second kappa shape index (κ2) is 8.10. The molecule has 0 atom stereocenters. The SMILES string of the molecule is COc1ccnc(-c2nc(C(F)(F)F)c(Oc3ccc(Cl)c(C(F)(F)F)c3)c(=O)[nH]2)c1. The van der Waals surface area contributed by atoms with Crippen LogP contribution in [-0.2, 0) is 12.4 Å². The molecule has 3 aromatic rings. The van der Waals surface area contributed by atoms with E-state index in [2.05, 4.69) is 15.0 Å². The Morgan fingerprint density at radius 3 is 2.32 bits per heavy atom. The Labute approximate surface area is 174 Å². The standard InChI is InChI=1S/C18H10ClF6N3O3/c1-30-8-4-5-26-12(7-8)15-27-14(18(23,24)25)13(16(29)28-15)31-9-2-3-11(19)10(6-9)17(20,21)22/h2-7H,1H3,(H,27,28,29). The van der Waals surface area contributed by atoms with Crippen LogP contribution in [0, 0.1) is 0 Å². The van der Waals surface area contributed by atoms with Crippen LogP contribution in [0.15, 0.2) is 41.3 Å². The highest BCUT2D eigenvalue weighted by Crippen LogP contribution is 2.39. The van der Waals surface area contributed by atoms with Crippen LogP contribution in [-0.4, -0.2) is 22.1 Å². The van der Waals surface area contributed by atoms with E-state index in [1.165, 1.54) is 25.4 Å². The first-order chi connectivity index (χ1) is 14.4. The molecule has 2 aromatic heterocycles. The zero-order chi connectivity index (χ0) is 23.0. The second-order valence-electron chi connectivity index (χ2n) is 5.91. The van der Waals surface area contributed by atoms with Gasteiger partial charge in [-0.05, 0) is 24.3 Å². The van der Waals surface area contributed by atoms with Gasteiger partial charge in [-0.1, -0.05) is 11.6 Å². The highest BCUT2D eigenvalue weighted by Gasteiger charge is 2.39. The number of rotatable bonds is 4. The maximum atomic E-state index is 13.6. The number of aromatic amines is 1. The molecule has 0 saturated heterocycles. The molecule has 1 N–H and O–H groups in total. The number of ether oxygens (including phenoxy) is 2. The number of nitrogens with one attached hydrogen (secondary N) is 1. The van der Waals surface area contributed by atoms with Crippen LogP contribution in [0.4, 0.5) is 26.3 Å². The molecule has 0 amide bonds. The van der Waals surface area contributed by atoms with Crippen LogP contribution in [0.5, 0.6) is 17.2 Å². The number of nitrogens with zero attached hydrogens (tertiary/aromatic N) is 2. The van der Waals surface area contributed by atoms with Crippen LogP contribution >= 0.6 is 11.6 Å². The van der Waals surface area contributed by atoms with Gasteiger partial charge in [0.05, 0.1) is 17.7 Å². The first-order valence-corrected chi connectivity index (χ1v) is 8.54. The normalized spacial score (nSPS) is 12.0. The largest absolute Gasteiger partial charge is 0.497 e. The topological polar surface area (TPSA) is 77.1 Å². The van der Waals surface area contributed by atoms with E-state index in [4.69, 9.17) is 21.1 Å². The Morgan fingerprint density at radius 1 is 1.00 bits per heavy atom. The molecule has 0 aliphatic carbocycles. The van der Waals surface area contributed by atoms with E-state index in [0.29, 0.717) is 6.07 Å². The van der Waals surface area contributed by atoms with Gasteiger partial charge in [0.15, 0.2) is 11.5 Å². The second-order valence-corrected chi connectivity index (χ2v) is 6.32. The molecule has 13 heteroatoms. The van der Waals surface area contributed by atoms with Gasteiger partial charge in [-0.15, -0.1) is 0 Å². The van der Waals surface area contributed by atoms with Crippen molar-refractivity contribution in [3.8, 4) is 28.8 Å². The van der Waals surface area contributed by atoms with Crippen molar-refractivity contribution in [3.05, 3.63) is 63.2 Å². The van der Waals surface area contributed by atoms with Crippen molar-refractivity contribution in [2.24, 2.45) is 0 Å². The van der Waals surface area contributed by atoms with Crippen molar-refractivity contribution in [2.75, 3.05) is 7.11 Å². The lowest BCUT2D eigenvalue weighted by Crippen LogP contribution is -2.21. The zero-order valence-electron chi connectivity index (χ0n) is 15.2. The number of H-pyrrole nitrogens is 1. The highest BCUT2D eigenvalue weighted by atomic mass is 35.5. The molecule has 1 aromatic carbocycles. The molecule has 0 unspecified atom stereocenters. The summed E-state index contributed by atoms with van der Waals surface area (Å²) in [5, 5.41) is -0.692. The van der Waals surface area contributed by atoms with Crippen LogP contribution in [0.1, 0.15) is 11.3 Å². The van der Waals surface area contributed by atoms with Gasteiger partial charge in [0, 0.05) is 12.3 Å². The van der Waals surface area contributed by atoms with Gasteiger partial charge in [0.25, 0.3) is 5.56 Å². The van der Waals surface area contributed by atoms with Crippen molar-refractivity contribution in [1.29, 1.82) is 0 Å². The predicted octanol–water partition coefficient (Wildman–Crippen LogP) is 5.32. The van der Waals surface area contributed by atoms with E-state index in [0.717, 1.165) is 12.1 Å². The van der Waals surface area contributed by atoms with Crippen LogP contribution in [0.25, 0.3) is 11.5 Å². The number of aromatic nitrogens is 3. The summed E-state index contributed by atoms with van der Waals surface area (Å²) in [6, 6.07) is 4.69. The summed E-state index contributed by atoms with van der Waals surface area (Å²) >= 11 is 5.48. The molecule has 31 heavy (non-hydrogen) atoms. The van der Waals surface area contributed by atoms with E-state index in [-0.39, 0.29) is 11.4 Å². The van der Waals surface area contributed by atoms with Gasteiger partial charge < -0.3 is 14.5 Å². The molecule has 6 nitrogen and oxygen atoms in total. The Bertz CT molecular complexity index is 1180. The number of halogens is 7. The maximum Gasteiger partial charge on any atom is 0.437 e. The molecule has 0 aliphatic rings. The van der Waals surface area contributed by atoms with Gasteiger partial charge in [0.2, 0.25) is 5.75 Å². The lowest BCUT2D eigenvalue weighted by Gasteiger charge is -2.15. The zero-order valence-corrected chi connectivity index (χ0v) is 16.0. The Morgan fingerprint density at radius 2 is 1.71 bits per heavy atom. The summed E-state index contributed by atoms with van der Waals surface area (Å²) in [7, 11) is 1.31. The average Bonchev–Trinajstić information content (AvgIpc) is 2.69. The van der Waals surface area contributed by atoms with E-state index in [9.17, 15) is 31.1 Å². The number of methoxy groups -OCH3 is 1. The summed E-state index contributed by atoms with van der Waals surface area (Å²) in [6.07, 6.45) is -8.84. The quantitative estimate of drug-likeness (QED) is 0.527. The minimum Gasteiger partial charge on any atom is -0.497 e. The summed E-state index contributed by atoms with van der Waals surface area (Å²) in [4.78, 5) is 21.6. The fraction of sp³-hybridized carbons (Fsp3) is 0.167. The summed E-state index contributed by atoms with van der Waals surface area (Å²) in [5.74, 6) is -2.34. The molecule has 0 fully saturated rings. The minimum absolute atomic E-state index is 0.139. The van der Waals surface area contributed by atoms with Crippen LogP contribution in [0.2, 0.25) is 5.02 Å². The van der Waals surface area contributed by atoms with Gasteiger partial charge >= 0.3 is 12.4 Å². The van der Waals surface area contributed by atoms with Crippen molar-refractivity contribution in [2.45, 2.75) is 12.4 Å². The molecule has 3 rings (SSSR count). The summed E-state index contributed by atoms with van der Waals surface area (Å²) in [6.45, 7) is 0. The number of pyridine rings is 1. The molecule has 0 aliphatic heterocycles. The van der Waals surface area contributed by atoms with Crippen molar-refractivity contribution in [1.82, 2.24) is 15.0 Å². The molecule has 0 radical (unpaired) electrons. The van der Waals surface area contributed by atoms with Gasteiger partial charge in [0.1, 0.15) is 17.2 Å². The van der Waals surface area contributed by atoms with E-state index in [1.807, 2.05) is 0 Å². The number of alkyl halides is 6. The maximum absolute atomic E-state index is 13.6. The first-order valence-electron chi connectivity index (χ1n) is 8.16. The van der Waals surface area contributed by atoms with Gasteiger partial charge in [-0.25, -0.2) is 4.98 Å². The average molecular weight is 466 g/mol. The van der Waals surface area contributed by atoms with E-state index >= 15 is 0 Å². The third kappa shape index (κ3) is 4.90. The Balaban J connectivity index is 2.12. The smallest absolute Gasteiger partial charge is 0.437 e. The Kier molecular flexibility index (Phi) is 5.85. The number of hydrogen-bond donors (Lipinski definition) is 1. The lowest BCUT2D eigenvalue weighted by atomic mass is 10.2. The summed E-state index contributed by atoms with van der Waals surface area (Å²) < 4.78 is 89.5. The van der Waals surface area contributed by atoms with Gasteiger partial charge in [-0.2, -0.15) is 26.3 Å². The molecular weight excluding hydrogens is 456 g/mol. The fourth-order valence-electron chi connectivity index (χ4n) is 2.44. The predicted molar refractivity (Wildman–Crippen MR) is 96.2 cm³/mol. The third-order valence-corrected chi connectivity index (χ3v) is 4.15. The molecule has 0 spiro atoms. The van der Waals surface area contributed by atoms with E-state index in [1.54, 1.807) is 0 Å². The molecule has 2 heterocycles. The number of benzene rings is 1. The van der Waals surface area contributed by atoms with Crippen LogP contribution in [0.3, 0.4) is 0 Å². The van der Waals surface area contributed by atoms with Crippen molar-refractivity contribution >= 4 is 11.6 Å². The molecule has 0 bridgehead atoms. The monoisotopic (exact) mass is 465 g/mol.